The van der Waals surface area contributed by atoms with Gasteiger partial charge in [0.25, 0.3) is 0 Å². The molecule has 2 aliphatic rings. The molecule has 0 aliphatic heterocycles. The highest BCUT2D eigenvalue weighted by Gasteiger charge is 2.19. The Hall–Kier alpha value is -0.340. The fourth-order valence-corrected chi connectivity index (χ4v) is 2.00. The Morgan fingerprint density at radius 1 is 1.07 bits per heavy atom. The first-order valence-electron chi connectivity index (χ1n) is 6.04. The largest absolute Gasteiger partial charge is 0.315 e. The average Bonchev–Trinajstić information content (AvgIpc) is 3.03. The molecule has 1 atom stereocenters. The molecule has 0 aromatic rings. The molecule has 0 bridgehead atoms. The molecule has 14 heavy (non-hydrogen) atoms. The van der Waals surface area contributed by atoms with E-state index in [4.69, 9.17) is 0 Å². The Balaban J connectivity index is 1.43. The molecule has 0 radical (unpaired) electrons. The standard InChI is InChI=1S/C12H22N2/c1-2-4-11(5-3-1)10-13-8-9-14-12-6-7-12/h1-2,11-14H,3-10H2. The van der Waals surface area contributed by atoms with Crippen molar-refractivity contribution in [3.05, 3.63) is 12.2 Å². The predicted octanol–water partition coefficient (Wildman–Crippen LogP) is 1.68. The van der Waals surface area contributed by atoms with Gasteiger partial charge in [-0.15, -0.1) is 0 Å². The molecule has 2 rings (SSSR count). The van der Waals surface area contributed by atoms with Crippen LogP contribution in [-0.2, 0) is 0 Å². The van der Waals surface area contributed by atoms with E-state index in [-0.39, 0.29) is 0 Å². The van der Waals surface area contributed by atoms with E-state index in [1.165, 1.54) is 38.6 Å². The first kappa shape index (κ1) is 10.2. The van der Waals surface area contributed by atoms with Crippen LogP contribution in [0.1, 0.15) is 32.1 Å². The van der Waals surface area contributed by atoms with Crippen LogP contribution in [0.2, 0.25) is 0 Å². The summed E-state index contributed by atoms with van der Waals surface area (Å²) in [7, 11) is 0. The van der Waals surface area contributed by atoms with Gasteiger partial charge in [0.2, 0.25) is 0 Å². The molecule has 0 amide bonds. The van der Waals surface area contributed by atoms with Crippen LogP contribution < -0.4 is 10.6 Å². The van der Waals surface area contributed by atoms with Crippen molar-refractivity contribution in [2.24, 2.45) is 5.92 Å². The number of nitrogens with one attached hydrogen (secondary N) is 2. The van der Waals surface area contributed by atoms with E-state index in [0.717, 1.165) is 25.0 Å². The predicted molar refractivity (Wildman–Crippen MR) is 60.4 cm³/mol. The maximum Gasteiger partial charge on any atom is 0.00793 e. The molecule has 2 nitrogen and oxygen atoms in total. The molecule has 2 heteroatoms. The normalized spacial score (nSPS) is 26.7. The Morgan fingerprint density at radius 2 is 2.00 bits per heavy atom. The summed E-state index contributed by atoms with van der Waals surface area (Å²) in [5.74, 6) is 0.890. The molecule has 1 fully saturated rings. The maximum absolute atomic E-state index is 3.54. The van der Waals surface area contributed by atoms with Gasteiger partial charge >= 0.3 is 0 Å². The van der Waals surface area contributed by atoms with E-state index in [0.29, 0.717) is 0 Å². The summed E-state index contributed by atoms with van der Waals surface area (Å²) in [5.41, 5.74) is 0. The van der Waals surface area contributed by atoms with E-state index in [9.17, 15) is 0 Å². The molecule has 1 saturated carbocycles. The second-order valence-electron chi connectivity index (χ2n) is 4.58. The lowest BCUT2D eigenvalue weighted by atomic mass is 9.94. The zero-order valence-electron chi connectivity index (χ0n) is 8.97. The van der Waals surface area contributed by atoms with Crippen molar-refractivity contribution < 1.29 is 0 Å². The Bertz CT molecular complexity index is 185. The van der Waals surface area contributed by atoms with Crippen LogP contribution in [-0.4, -0.2) is 25.7 Å². The van der Waals surface area contributed by atoms with Crippen molar-refractivity contribution in [1.29, 1.82) is 0 Å². The number of allylic oxidation sites excluding steroid dienone is 2. The highest BCUT2D eigenvalue weighted by molar-refractivity contribution is 4.90. The van der Waals surface area contributed by atoms with Crippen LogP contribution in [0.5, 0.6) is 0 Å². The molecular formula is C12H22N2. The summed E-state index contributed by atoms with van der Waals surface area (Å²) in [6.45, 7) is 3.49. The van der Waals surface area contributed by atoms with Gasteiger partial charge in [-0.3, -0.25) is 0 Å². The maximum atomic E-state index is 3.54. The summed E-state index contributed by atoms with van der Waals surface area (Å²) < 4.78 is 0. The summed E-state index contributed by atoms with van der Waals surface area (Å²) in [5, 5.41) is 7.06. The smallest absolute Gasteiger partial charge is 0.00793 e. The summed E-state index contributed by atoms with van der Waals surface area (Å²) in [6.07, 6.45) is 11.4. The van der Waals surface area contributed by atoms with E-state index < -0.39 is 0 Å². The summed E-state index contributed by atoms with van der Waals surface area (Å²) in [6, 6.07) is 0.856. The number of hydrogen-bond acceptors (Lipinski definition) is 2. The SMILES string of the molecule is C1=CCC(CNCCNC2CC2)CC1. The van der Waals surface area contributed by atoms with Crippen molar-refractivity contribution in [3.63, 3.8) is 0 Å². The van der Waals surface area contributed by atoms with Crippen LogP contribution in [0.3, 0.4) is 0 Å². The topological polar surface area (TPSA) is 24.1 Å². The zero-order valence-corrected chi connectivity index (χ0v) is 8.97. The number of rotatable bonds is 6. The molecule has 2 aliphatic carbocycles. The van der Waals surface area contributed by atoms with Crippen molar-refractivity contribution in [3.8, 4) is 0 Å². The lowest BCUT2D eigenvalue weighted by Crippen LogP contribution is -2.31. The summed E-state index contributed by atoms with van der Waals surface area (Å²) in [4.78, 5) is 0. The fourth-order valence-electron chi connectivity index (χ4n) is 2.00. The zero-order chi connectivity index (χ0) is 9.64. The lowest BCUT2D eigenvalue weighted by molar-refractivity contribution is 0.438. The fraction of sp³-hybridized carbons (Fsp3) is 0.833. The molecule has 0 saturated heterocycles. The molecule has 0 aromatic heterocycles. The van der Waals surface area contributed by atoms with Gasteiger partial charge in [0.05, 0.1) is 0 Å². The van der Waals surface area contributed by atoms with Crippen molar-refractivity contribution in [1.82, 2.24) is 10.6 Å². The molecule has 1 unspecified atom stereocenters. The number of hydrogen-bond donors (Lipinski definition) is 2. The monoisotopic (exact) mass is 194 g/mol. The third-order valence-electron chi connectivity index (χ3n) is 3.12. The third-order valence-corrected chi connectivity index (χ3v) is 3.12. The van der Waals surface area contributed by atoms with E-state index in [1.54, 1.807) is 0 Å². The van der Waals surface area contributed by atoms with Gasteiger partial charge in [0, 0.05) is 19.1 Å². The summed E-state index contributed by atoms with van der Waals surface area (Å²) >= 11 is 0. The van der Waals surface area contributed by atoms with Crippen LogP contribution in [0, 0.1) is 5.92 Å². The second-order valence-corrected chi connectivity index (χ2v) is 4.58. The van der Waals surface area contributed by atoms with Crippen LogP contribution in [0.4, 0.5) is 0 Å². The molecule has 0 aromatic carbocycles. The van der Waals surface area contributed by atoms with Gasteiger partial charge in [-0.25, -0.2) is 0 Å². The Kier molecular flexibility index (Phi) is 4.02. The third kappa shape index (κ3) is 3.81. The van der Waals surface area contributed by atoms with Crippen molar-refractivity contribution in [2.45, 2.75) is 38.1 Å². The van der Waals surface area contributed by atoms with E-state index in [2.05, 4.69) is 22.8 Å². The molecule has 0 heterocycles. The van der Waals surface area contributed by atoms with Crippen LogP contribution in [0.25, 0.3) is 0 Å². The molecular weight excluding hydrogens is 172 g/mol. The van der Waals surface area contributed by atoms with Gasteiger partial charge < -0.3 is 10.6 Å². The van der Waals surface area contributed by atoms with Gasteiger partial charge in [-0.1, -0.05) is 12.2 Å². The average molecular weight is 194 g/mol. The first-order valence-corrected chi connectivity index (χ1v) is 6.04. The minimum Gasteiger partial charge on any atom is -0.315 e. The van der Waals surface area contributed by atoms with Gasteiger partial charge in [-0.05, 0) is 44.6 Å². The van der Waals surface area contributed by atoms with Gasteiger partial charge in [-0.2, -0.15) is 0 Å². The van der Waals surface area contributed by atoms with E-state index in [1.807, 2.05) is 0 Å². The minimum absolute atomic E-state index is 0.856. The first-order chi connectivity index (χ1) is 6.95. The van der Waals surface area contributed by atoms with Gasteiger partial charge in [0.1, 0.15) is 0 Å². The van der Waals surface area contributed by atoms with Gasteiger partial charge in [0.15, 0.2) is 0 Å². The molecule has 0 spiro atoms. The highest BCUT2D eigenvalue weighted by atomic mass is 15.0. The van der Waals surface area contributed by atoms with Crippen LogP contribution >= 0.6 is 0 Å². The lowest BCUT2D eigenvalue weighted by Gasteiger charge is -2.18. The second kappa shape index (κ2) is 5.52. The highest BCUT2D eigenvalue weighted by Crippen LogP contribution is 2.18. The van der Waals surface area contributed by atoms with E-state index >= 15 is 0 Å². The molecule has 2 N–H and O–H groups in total. The molecule has 80 valence electrons. The minimum atomic E-state index is 0.856. The van der Waals surface area contributed by atoms with Crippen LogP contribution in [0.15, 0.2) is 12.2 Å². The van der Waals surface area contributed by atoms with Crippen molar-refractivity contribution in [2.75, 3.05) is 19.6 Å². The quantitative estimate of drug-likeness (QED) is 0.496. The van der Waals surface area contributed by atoms with Crippen molar-refractivity contribution >= 4 is 0 Å². The Morgan fingerprint density at radius 3 is 2.71 bits per heavy atom. The Labute approximate surface area is 87.2 Å².